The van der Waals surface area contributed by atoms with Gasteiger partial charge >= 0.3 is 0 Å². The maximum atomic E-state index is 8.87. The van der Waals surface area contributed by atoms with Crippen LogP contribution >= 0.6 is 0 Å². The molecule has 0 atom stereocenters. The molecule has 0 saturated heterocycles. The van der Waals surface area contributed by atoms with Gasteiger partial charge in [0.25, 0.3) is 5.89 Å². The fourth-order valence-electron chi connectivity index (χ4n) is 1.49. The number of nitrogens with one attached hydrogen (secondary N) is 1. The Morgan fingerprint density at radius 3 is 2.89 bits per heavy atom. The summed E-state index contributed by atoms with van der Waals surface area (Å²) in [6.45, 7) is 6.49. The highest BCUT2D eigenvalue weighted by atomic mass is 16.5. The van der Waals surface area contributed by atoms with E-state index in [-0.39, 0.29) is 5.41 Å². The number of aromatic nitrogens is 4. The molecule has 94 valence electrons. The molecule has 0 fully saturated rings. The lowest BCUT2D eigenvalue weighted by Gasteiger charge is -2.15. The topological polar surface area (TPSA) is 91.4 Å². The van der Waals surface area contributed by atoms with Crippen LogP contribution in [0.1, 0.15) is 38.7 Å². The molecule has 2 rings (SSSR count). The lowest BCUT2D eigenvalue weighted by molar-refractivity contribution is 0.366. The number of H-pyrrole nitrogens is 1. The summed E-state index contributed by atoms with van der Waals surface area (Å²) in [5.74, 6) is 0.995. The van der Waals surface area contributed by atoms with Crippen LogP contribution in [-0.4, -0.2) is 20.3 Å². The van der Waals surface area contributed by atoms with Gasteiger partial charge in [-0.1, -0.05) is 25.9 Å². The zero-order valence-electron chi connectivity index (χ0n) is 10.7. The normalized spacial score (nSPS) is 11.4. The Balaban J connectivity index is 2.14. The van der Waals surface area contributed by atoms with Crippen LogP contribution < -0.4 is 0 Å². The number of rotatable bonds is 3. The minimum Gasteiger partial charge on any atom is -0.334 e. The Bertz CT molecular complexity index is 570. The van der Waals surface area contributed by atoms with Gasteiger partial charge in [-0.25, -0.2) is 0 Å². The molecule has 0 aromatic carbocycles. The number of nitrogens with zero attached hydrogens (tertiary/aromatic N) is 4. The lowest BCUT2D eigenvalue weighted by Crippen LogP contribution is -2.06. The van der Waals surface area contributed by atoms with E-state index >= 15 is 0 Å². The number of nitriles is 1. The minimum atomic E-state index is 0.230. The first-order valence-electron chi connectivity index (χ1n) is 5.76. The number of hydrogen-bond donors (Lipinski definition) is 1. The lowest BCUT2D eigenvalue weighted by atomic mass is 9.90. The van der Waals surface area contributed by atoms with Crippen molar-refractivity contribution < 1.29 is 4.52 Å². The molecule has 2 heterocycles. The first kappa shape index (κ1) is 12.3. The molecule has 0 aliphatic heterocycles. The molecule has 0 radical (unpaired) electrons. The predicted octanol–water partition coefficient (Wildman–Crippen LogP) is 2.31. The summed E-state index contributed by atoms with van der Waals surface area (Å²) >= 11 is 0. The molecule has 2 aromatic rings. The van der Waals surface area contributed by atoms with Crippen molar-refractivity contribution in [2.24, 2.45) is 5.41 Å². The van der Waals surface area contributed by atoms with Gasteiger partial charge in [-0.2, -0.15) is 15.3 Å². The van der Waals surface area contributed by atoms with Crippen molar-refractivity contribution in [1.29, 1.82) is 5.26 Å². The molecule has 0 bridgehead atoms. The molecule has 0 aliphatic carbocycles. The number of aromatic amines is 1. The summed E-state index contributed by atoms with van der Waals surface area (Å²) in [6, 6.07) is 1.99. The van der Waals surface area contributed by atoms with E-state index in [9.17, 15) is 0 Å². The highest BCUT2D eigenvalue weighted by molar-refractivity contribution is 5.58. The first-order valence-corrected chi connectivity index (χ1v) is 5.76. The van der Waals surface area contributed by atoms with Gasteiger partial charge in [-0.15, -0.1) is 0 Å². The van der Waals surface area contributed by atoms with E-state index in [0.29, 0.717) is 23.0 Å². The smallest absolute Gasteiger partial charge is 0.262 e. The van der Waals surface area contributed by atoms with E-state index in [1.54, 1.807) is 0 Å². The zero-order valence-corrected chi connectivity index (χ0v) is 10.7. The third-order valence-corrected chi connectivity index (χ3v) is 2.55. The first-order chi connectivity index (χ1) is 8.49. The molecular formula is C12H15N5O. The maximum Gasteiger partial charge on any atom is 0.262 e. The third-order valence-electron chi connectivity index (χ3n) is 2.55. The maximum absolute atomic E-state index is 8.87. The van der Waals surface area contributed by atoms with Crippen LogP contribution in [0.15, 0.2) is 10.7 Å². The van der Waals surface area contributed by atoms with Gasteiger partial charge in [0.1, 0.15) is 11.8 Å². The summed E-state index contributed by atoms with van der Waals surface area (Å²) in [5.41, 5.74) is 1.11. The van der Waals surface area contributed by atoms with E-state index in [4.69, 9.17) is 9.78 Å². The van der Waals surface area contributed by atoms with Crippen molar-refractivity contribution in [3.8, 4) is 17.5 Å². The molecule has 1 N–H and O–H groups in total. The molecule has 18 heavy (non-hydrogen) atoms. The highest BCUT2D eigenvalue weighted by Gasteiger charge is 2.16. The minimum absolute atomic E-state index is 0.230. The summed E-state index contributed by atoms with van der Waals surface area (Å²) in [7, 11) is 0. The Hall–Kier alpha value is -2.16. The molecule has 2 aromatic heterocycles. The summed E-state index contributed by atoms with van der Waals surface area (Å²) < 4.78 is 5.14. The quantitative estimate of drug-likeness (QED) is 0.895. The molecule has 6 heteroatoms. The summed E-state index contributed by atoms with van der Waals surface area (Å²) in [6.07, 6.45) is 3.24. The van der Waals surface area contributed by atoms with Crippen LogP contribution in [0.5, 0.6) is 0 Å². The van der Waals surface area contributed by atoms with Gasteiger partial charge in [-0.3, -0.25) is 5.10 Å². The van der Waals surface area contributed by atoms with Gasteiger partial charge < -0.3 is 4.52 Å². The SMILES string of the molecule is CC(C)(C)CCc1noc(-c2cn[nH]c2C#N)n1. The van der Waals surface area contributed by atoms with Gasteiger partial charge in [-0.05, 0) is 11.8 Å². The second kappa shape index (κ2) is 4.61. The second-order valence-corrected chi connectivity index (χ2v) is 5.35. The summed E-state index contributed by atoms with van der Waals surface area (Å²) in [5, 5.41) is 19.2. The zero-order chi connectivity index (χ0) is 13.2. The van der Waals surface area contributed by atoms with Crippen molar-refractivity contribution in [1.82, 2.24) is 20.3 Å². The molecule has 0 aliphatic rings. The molecule has 0 unspecified atom stereocenters. The van der Waals surface area contributed by atoms with Crippen LogP contribution in [0.4, 0.5) is 0 Å². The fraction of sp³-hybridized carbons (Fsp3) is 0.500. The molecule has 0 saturated carbocycles. The van der Waals surface area contributed by atoms with Crippen LogP contribution in [0.3, 0.4) is 0 Å². The molecule has 0 spiro atoms. The Morgan fingerprint density at radius 2 is 2.22 bits per heavy atom. The Kier molecular flexibility index (Phi) is 3.15. The summed E-state index contributed by atoms with van der Waals surface area (Å²) in [4.78, 5) is 4.28. The predicted molar refractivity (Wildman–Crippen MR) is 64.4 cm³/mol. The van der Waals surface area contributed by atoms with Gasteiger partial charge in [0, 0.05) is 6.42 Å². The number of hydrogen-bond acceptors (Lipinski definition) is 5. The largest absolute Gasteiger partial charge is 0.334 e. The third kappa shape index (κ3) is 2.74. The van der Waals surface area contributed by atoms with E-state index in [2.05, 4.69) is 41.1 Å². The van der Waals surface area contributed by atoms with E-state index in [0.717, 1.165) is 12.8 Å². The average molecular weight is 245 g/mol. The van der Waals surface area contributed by atoms with Gasteiger partial charge in [0.15, 0.2) is 5.82 Å². The van der Waals surface area contributed by atoms with Crippen molar-refractivity contribution in [2.45, 2.75) is 33.6 Å². The van der Waals surface area contributed by atoms with Crippen LogP contribution in [0, 0.1) is 16.7 Å². The Labute approximate surface area is 105 Å². The van der Waals surface area contributed by atoms with E-state index in [1.807, 2.05) is 6.07 Å². The van der Waals surface area contributed by atoms with Crippen molar-refractivity contribution in [3.63, 3.8) is 0 Å². The van der Waals surface area contributed by atoms with Crippen LogP contribution in [0.25, 0.3) is 11.5 Å². The fourth-order valence-corrected chi connectivity index (χ4v) is 1.49. The Morgan fingerprint density at radius 1 is 1.44 bits per heavy atom. The highest BCUT2D eigenvalue weighted by Crippen LogP contribution is 2.23. The van der Waals surface area contributed by atoms with Crippen LogP contribution in [0.2, 0.25) is 0 Å². The van der Waals surface area contributed by atoms with Crippen molar-refractivity contribution >= 4 is 0 Å². The molecule has 0 amide bonds. The monoisotopic (exact) mass is 245 g/mol. The van der Waals surface area contributed by atoms with Gasteiger partial charge in [0.2, 0.25) is 0 Å². The molecular weight excluding hydrogens is 230 g/mol. The molecule has 6 nitrogen and oxygen atoms in total. The second-order valence-electron chi connectivity index (χ2n) is 5.35. The average Bonchev–Trinajstić information content (AvgIpc) is 2.93. The van der Waals surface area contributed by atoms with E-state index in [1.165, 1.54) is 6.20 Å². The van der Waals surface area contributed by atoms with Crippen LogP contribution in [-0.2, 0) is 6.42 Å². The van der Waals surface area contributed by atoms with E-state index < -0.39 is 0 Å². The number of aryl methyl sites for hydroxylation is 1. The standard InChI is InChI=1S/C12H15N5O/c1-12(2,3)5-4-10-15-11(18-17-10)8-7-14-16-9(8)6-13/h7H,4-5H2,1-3H3,(H,14,16). The van der Waals surface area contributed by atoms with Crippen molar-refractivity contribution in [3.05, 3.63) is 17.7 Å². The van der Waals surface area contributed by atoms with Gasteiger partial charge in [0.05, 0.1) is 11.8 Å². The van der Waals surface area contributed by atoms with Crippen molar-refractivity contribution in [2.75, 3.05) is 0 Å².